The molecule has 3 amide bonds. The summed E-state index contributed by atoms with van der Waals surface area (Å²) in [5.41, 5.74) is 0. The van der Waals surface area contributed by atoms with Crippen LogP contribution < -0.4 is 5.32 Å². The molecule has 0 spiro atoms. The van der Waals surface area contributed by atoms with Crippen LogP contribution in [0.2, 0.25) is 0 Å². The molecule has 0 saturated carbocycles. The van der Waals surface area contributed by atoms with Crippen molar-refractivity contribution < 1.29 is 24.2 Å². The van der Waals surface area contributed by atoms with Gasteiger partial charge in [-0.15, -0.1) is 0 Å². The minimum atomic E-state index is -0.944. The maximum absolute atomic E-state index is 12.5. The molecule has 2 aliphatic heterocycles. The molecule has 0 aromatic heterocycles. The first-order valence-electron chi connectivity index (χ1n) is 7.09. The number of carbonyl (C=O) groups excluding carboxylic acids is 2. The molecule has 2 fully saturated rings. The molecule has 2 unspecified atom stereocenters. The standard InChI is InChI=1S/C13H21N3O5/c1-9(17)14-10-2-3-15(7-10)13(20)16-4-5-21-8-11(16)6-12(18)19/h10-11H,2-8H2,1H3,(H,14,17)(H,18,19). The Hall–Kier alpha value is -1.83. The number of urea groups is 1. The molecular formula is C13H21N3O5. The molecule has 2 aliphatic rings. The highest BCUT2D eigenvalue weighted by atomic mass is 16.5. The van der Waals surface area contributed by atoms with E-state index >= 15 is 0 Å². The minimum absolute atomic E-state index is 0.0228. The lowest BCUT2D eigenvalue weighted by molar-refractivity contribution is -0.139. The van der Waals surface area contributed by atoms with Gasteiger partial charge in [0.25, 0.3) is 0 Å². The number of amides is 3. The predicted molar refractivity (Wildman–Crippen MR) is 72.8 cm³/mol. The smallest absolute Gasteiger partial charge is 0.320 e. The van der Waals surface area contributed by atoms with E-state index in [0.717, 1.165) is 6.42 Å². The maximum Gasteiger partial charge on any atom is 0.320 e. The topological polar surface area (TPSA) is 99.2 Å². The number of carbonyl (C=O) groups is 3. The van der Waals surface area contributed by atoms with Gasteiger partial charge in [0.1, 0.15) is 0 Å². The van der Waals surface area contributed by atoms with Crippen molar-refractivity contribution in [3.63, 3.8) is 0 Å². The van der Waals surface area contributed by atoms with Crippen LogP contribution in [0.5, 0.6) is 0 Å². The van der Waals surface area contributed by atoms with Crippen molar-refractivity contribution in [1.29, 1.82) is 0 Å². The average Bonchev–Trinajstić information content (AvgIpc) is 2.85. The lowest BCUT2D eigenvalue weighted by Crippen LogP contribution is -2.54. The largest absolute Gasteiger partial charge is 0.481 e. The molecule has 2 atom stereocenters. The van der Waals surface area contributed by atoms with Crippen molar-refractivity contribution in [3.05, 3.63) is 0 Å². The number of aliphatic carboxylic acids is 1. The highest BCUT2D eigenvalue weighted by Crippen LogP contribution is 2.17. The number of hydrogen-bond acceptors (Lipinski definition) is 4. The molecule has 21 heavy (non-hydrogen) atoms. The van der Waals surface area contributed by atoms with Crippen LogP contribution in [0.1, 0.15) is 19.8 Å². The number of carboxylic acid groups (broad SMARTS) is 1. The molecule has 2 heterocycles. The van der Waals surface area contributed by atoms with Gasteiger partial charge < -0.3 is 25.0 Å². The Morgan fingerprint density at radius 1 is 1.33 bits per heavy atom. The summed E-state index contributed by atoms with van der Waals surface area (Å²) in [7, 11) is 0. The van der Waals surface area contributed by atoms with Crippen molar-refractivity contribution in [1.82, 2.24) is 15.1 Å². The third-order valence-electron chi connectivity index (χ3n) is 3.75. The van der Waals surface area contributed by atoms with E-state index in [9.17, 15) is 14.4 Å². The fourth-order valence-electron chi connectivity index (χ4n) is 2.80. The first-order valence-corrected chi connectivity index (χ1v) is 7.09. The number of hydrogen-bond donors (Lipinski definition) is 2. The van der Waals surface area contributed by atoms with Crippen molar-refractivity contribution in [2.24, 2.45) is 0 Å². The first kappa shape index (κ1) is 15.6. The maximum atomic E-state index is 12.5. The first-order chi connectivity index (χ1) is 9.97. The van der Waals surface area contributed by atoms with E-state index < -0.39 is 12.0 Å². The van der Waals surface area contributed by atoms with E-state index in [1.165, 1.54) is 6.92 Å². The van der Waals surface area contributed by atoms with Crippen molar-refractivity contribution in [3.8, 4) is 0 Å². The van der Waals surface area contributed by atoms with E-state index in [4.69, 9.17) is 9.84 Å². The van der Waals surface area contributed by atoms with Crippen molar-refractivity contribution in [2.75, 3.05) is 32.8 Å². The molecule has 118 valence electrons. The van der Waals surface area contributed by atoms with Crippen LogP contribution in [0.25, 0.3) is 0 Å². The number of nitrogens with zero attached hydrogens (tertiary/aromatic N) is 2. The molecule has 0 radical (unpaired) electrons. The van der Waals surface area contributed by atoms with Crippen LogP contribution in [-0.4, -0.2) is 77.7 Å². The molecule has 0 aromatic carbocycles. The molecular weight excluding hydrogens is 278 g/mol. The highest BCUT2D eigenvalue weighted by molar-refractivity contribution is 5.77. The van der Waals surface area contributed by atoms with E-state index in [1.54, 1.807) is 9.80 Å². The third kappa shape index (κ3) is 4.07. The van der Waals surface area contributed by atoms with Gasteiger partial charge in [-0.2, -0.15) is 0 Å². The van der Waals surface area contributed by atoms with Crippen LogP contribution in [0.3, 0.4) is 0 Å². The third-order valence-corrected chi connectivity index (χ3v) is 3.75. The van der Waals surface area contributed by atoms with Crippen molar-refractivity contribution >= 4 is 17.9 Å². The van der Waals surface area contributed by atoms with Gasteiger partial charge in [0, 0.05) is 32.6 Å². The van der Waals surface area contributed by atoms with Gasteiger partial charge in [0.15, 0.2) is 0 Å². The Balaban J connectivity index is 1.94. The number of morpholine rings is 1. The zero-order valence-corrected chi connectivity index (χ0v) is 12.1. The quantitative estimate of drug-likeness (QED) is 0.731. The van der Waals surface area contributed by atoms with E-state index in [-0.39, 0.29) is 31.0 Å². The van der Waals surface area contributed by atoms with Crippen LogP contribution in [0.15, 0.2) is 0 Å². The molecule has 0 aliphatic carbocycles. The van der Waals surface area contributed by atoms with Gasteiger partial charge in [-0.25, -0.2) is 4.79 Å². The second-order valence-corrected chi connectivity index (χ2v) is 5.43. The molecule has 0 bridgehead atoms. The summed E-state index contributed by atoms with van der Waals surface area (Å²) in [5.74, 6) is -1.05. The average molecular weight is 299 g/mol. The van der Waals surface area contributed by atoms with Crippen LogP contribution in [0.4, 0.5) is 4.79 Å². The Morgan fingerprint density at radius 3 is 2.76 bits per heavy atom. The summed E-state index contributed by atoms with van der Waals surface area (Å²) in [6.45, 7) is 3.57. The number of ether oxygens (including phenoxy) is 1. The number of likely N-dealkylation sites (tertiary alicyclic amines) is 1. The van der Waals surface area contributed by atoms with Gasteiger partial charge >= 0.3 is 12.0 Å². The summed E-state index contributed by atoms with van der Waals surface area (Å²) in [5, 5.41) is 11.7. The predicted octanol–water partition coefficient (Wildman–Crippen LogP) is -0.508. The summed E-state index contributed by atoms with van der Waals surface area (Å²) in [6, 6.07) is -0.619. The molecule has 2 rings (SSSR count). The Labute approximate surface area is 123 Å². The van der Waals surface area contributed by atoms with E-state index in [2.05, 4.69) is 5.32 Å². The second kappa shape index (κ2) is 6.75. The fourth-order valence-corrected chi connectivity index (χ4v) is 2.80. The summed E-state index contributed by atoms with van der Waals surface area (Å²) in [6.07, 6.45) is 0.605. The molecule has 0 aromatic rings. The van der Waals surface area contributed by atoms with Crippen LogP contribution >= 0.6 is 0 Å². The van der Waals surface area contributed by atoms with Crippen LogP contribution in [-0.2, 0) is 14.3 Å². The van der Waals surface area contributed by atoms with Gasteiger partial charge in [-0.05, 0) is 6.42 Å². The Kier molecular flexibility index (Phi) is 5.00. The van der Waals surface area contributed by atoms with E-state index in [1.807, 2.05) is 0 Å². The second-order valence-electron chi connectivity index (χ2n) is 5.43. The Morgan fingerprint density at radius 2 is 2.10 bits per heavy atom. The van der Waals surface area contributed by atoms with E-state index in [0.29, 0.717) is 26.2 Å². The SMILES string of the molecule is CC(=O)NC1CCN(C(=O)N2CCOCC2CC(=O)O)C1. The zero-order chi connectivity index (χ0) is 15.4. The fraction of sp³-hybridized carbons (Fsp3) is 0.769. The lowest BCUT2D eigenvalue weighted by atomic mass is 10.1. The van der Waals surface area contributed by atoms with Gasteiger partial charge in [0.2, 0.25) is 5.91 Å². The zero-order valence-electron chi connectivity index (χ0n) is 12.1. The van der Waals surface area contributed by atoms with Crippen molar-refractivity contribution in [2.45, 2.75) is 31.8 Å². The summed E-state index contributed by atoms with van der Waals surface area (Å²) in [4.78, 5) is 37.7. The summed E-state index contributed by atoms with van der Waals surface area (Å²) < 4.78 is 5.27. The normalized spacial score (nSPS) is 25.8. The number of nitrogens with one attached hydrogen (secondary N) is 1. The van der Waals surface area contributed by atoms with Crippen LogP contribution in [0, 0.1) is 0 Å². The monoisotopic (exact) mass is 299 g/mol. The number of rotatable bonds is 3. The summed E-state index contributed by atoms with van der Waals surface area (Å²) >= 11 is 0. The van der Waals surface area contributed by atoms with Gasteiger partial charge in [-0.3, -0.25) is 9.59 Å². The Bertz CT molecular complexity index is 428. The van der Waals surface area contributed by atoms with Gasteiger partial charge in [-0.1, -0.05) is 0 Å². The highest BCUT2D eigenvalue weighted by Gasteiger charge is 2.35. The lowest BCUT2D eigenvalue weighted by Gasteiger charge is -2.37. The molecule has 2 N–H and O–H groups in total. The molecule has 8 heteroatoms. The molecule has 2 saturated heterocycles. The minimum Gasteiger partial charge on any atom is -0.481 e. The van der Waals surface area contributed by atoms with Gasteiger partial charge in [0.05, 0.1) is 25.7 Å². The number of carboxylic acids is 1. The molecule has 8 nitrogen and oxygen atoms in total.